The minimum Gasteiger partial charge on any atom is -0.456 e. The minimum atomic E-state index is -0.903. The molecule has 0 aliphatic heterocycles. The molecule has 8 heteroatoms. The van der Waals surface area contributed by atoms with E-state index < -0.39 is 23.1 Å². The van der Waals surface area contributed by atoms with Crippen molar-refractivity contribution >= 4 is 17.4 Å². The molecule has 0 fully saturated rings. The molecule has 0 bridgehead atoms. The summed E-state index contributed by atoms with van der Waals surface area (Å²) in [6.45, 7) is 7.23. The normalized spacial score (nSPS) is 10.2. The van der Waals surface area contributed by atoms with Crippen molar-refractivity contribution in [2.45, 2.75) is 27.7 Å². The molecule has 2 aromatic carbocycles. The first-order valence-corrected chi connectivity index (χ1v) is 9.69. The summed E-state index contributed by atoms with van der Waals surface area (Å²) in [6, 6.07) is 9.71. The molecular formula is C23H25F2N3O3. The second-order valence-corrected chi connectivity index (χ2v) is 6.57. The molecular weight excluding hydrogens is 404 g/mol. The van der Waals surface area contributed by atoms with Gasteiger partial charge in [0.05, 0.1) is 5.69 Å². The average Bonchev–Trinajstić information content (AvgIpc) is 2.72. The van der Waals surface area contributed by atoms with Crippen molar-refractivity contribution in [2.24, 2.45) is 12.8 Å². The van der Waals surface area contributed by atoms with Gasteiger partial charge in [0.1, 0.15) is 34.5 Å². The number of aromatic nitrogens is 1. The number of rotatable bonds is 5. The number of halogens is 2. The van der Waals surface area contributed by atoms with Crippen molar-refractivity contribution in [1.82, 2.24) is 4.57 Å². The van der Waals surface area contributed by atoms with Gasteiger partial charge in [-0.1, -0.05) is 26.0 Å². The van der Waals surface area contributed by atoms with Crippen molar-refractivity contribution in [1.29, 1.82) is 0 Å². The topological polar surface area (TPSA) is 86.3 Å². The quantitative estimate of drug-likeness (QED) is 0.601. The summed E-state index contributed by atoms with van der Waals surface area (Å²) < 4.78 is 34.9. The molecule has 0 aliphatic rings. The molecule has 0 unspecified atom stereocenters. The number of carbonyl (C=O) groups is 1. The van der Waals surface area contributed by atoms with E-state index in [0.29, 0.717) is 5.56 Å². The maximum atomic E-state index is 14.3. The van der Waals surface area contributed by atoms with Gasteiger partial charge in [-0.2, -0.15) is 0 Å². The molecule has 1 aromatic heterocycles. The molecule has 31 heavy (non-hydrogen) atoms. The Balaban J connectivity index is 0.00000166. The van der Waals surface area contributed by atoms with E-state index in [2.05, 4.69) is 5.32 Å². The summed E-state index contributed by atoms with van der Waals surface area (Å²) in [5.41, 5.74) is 5.78. The highest BCUT2D eigenvalue weighted by Crippen LogP contribution is 2.33. The van der Waals surface area contributed by atoms with Crippen LogP contribution in [-0.4, -0.2) is 10.5 Å². The highest BCUT2D eigenvalue weighted by molar-refractivity contribution is 6.01. The first-order chi connectivity index (χ1) is 14.7. The molecule has 0 radical (unpaired) electrons. The van der Waals surface area contributed by atoms with Crippen LogP contribution >= 0.6 is 0 Å². The van der Waals surface area contributed by atoms with Crippen molar-refractivity contribution in [3.63, 3.8) is 0 Å². The number of benzene rings is 2. The highest BCUT2D eigenvalue weighted by atomic mass is 19.1. The predicted octanol–water partition coefficient (Wildman–Crippen LogP) is 4.94. The minimum absolute atomic E-state index is 0.0446. The predicted molar refractivity (Wildman–Crippen MR) is 117 cm³/mol. The highest BCUT2D eigenvalue weighted by Gasteiger charge is 2.22. The van der Waals surface area contributed by atoms with Gasteiger partial charge < -0.3 is 15.8 Å². The Kier molecular flexibility index (Phi) is 7.52. The van der Waals surface area contributed by atoms with Crippen LogP contribution in [0.25, 0.3) is 0 Å². The maximum absolute atomic E-state index is 14.3. The second-order valence-electron chi connectivity index (χ2n) is 6.57. The number of carbonyl (C=O) groups excluding carboxylic acids is 1. The Labute approximate surface area is 179 Å². The third-order valence-corrected chi connectivity index (χ3v) is 4.47. The molecule has 3 rings (SSSR count). The largest absolute Gasteiger partial charge is 0.456 e. The first-order valence-electron chi connectivity index (χ1n) is 9.69. The van der Waals surface area contributed by atoms with Crippen molar-refractivity contribution < 1.29 is 18.3 Å². The summed E-state index contributed by atoms with van der Waals surface area (Å²) in [5, 5.41) is 2.74. The van der Waals surface area contributed by atoms with Gasteiger partial charge in [0.15, 0.2) is 0 Å². The zero-order valence-electron chi connectivity index (χ0n) is 18.0. The van der Waals surface area contributed by atoms with E-state index in [1.54, 1.807) is 13.0 Å². The van der Waals surface area contributed by atoms with E-state index in [1.165, 1.54) is 44.3 Å². The van der Waals surface area contributed by atoms with E-state index in [9.17, 15) is 18.4 Å². The van der Waals surface area contributed by atoms with Crippen LogP contribution in [0.1, 0.15) is 35.3 Å². The zero-order chi connectivity index (χ0) is 23.3. The number of anilines is 2. The summed E-state index contributed by atoms with van der Waals surface area (Å²) in [4.78, 5) is 24.6. The van der Waals surface area contributed by atoms with Crippen molar-refractivity contribution in [3.05, 3.63) is 81.1 Å². The van der Waals surface area contributed by atoms with Gasteiger partial charge in [-0.05, 0) is 43.7 Å². The number of hydrogen-bond donors (Lipinski definition) is 2. The van der Waals surface area contributed by atoms with Gasteiger partial charge in [0.2, 0.25) is 0 Å². The standard InChI is InChI=1S/C21H19F2N3O3.C2H6/c1-11-7-8-15(14(23)9-11)25-21-19(20(24)28)17(10-18(27)26(21)3)29-16-6-4-5-13(22)12(16)2;1-2/h4-10,25H,1-3H3,(H2,24,28);1-2H3. The van der Waals surface area contributed by atoms with Gasteiger partial charge in [-0.25, -0.2) is 8.78 Å². The Morgan fingerprint density at radius 1 is 1.03 bits per heavy atom. The van der Waals surface area contributed by atoms with Crippen LogP contribution in [0.3, 0.4) is 0 Å². The Morgan fingerprint density at radius 3 is 2.32 bits per heavy atom. The number of primary amides is 1. The SMILES string of the molecule is CC.Cc1ccc(Nc2c(C(N)=O)c(Oc3cccc(F)c3C)cc(=O)n2C)c(F)c1. The molecule has 3 N–H and O–H groups in total. The number of nitrogens with zero attached hydrogens (tertiary/aromatic N) is 1. The number of amides is 1. The Bertz CT molecular complexity index is 1170. The van der Waals surface area contributed by atoms with E-state index in [-0.39, 0.29) is 34.1 Å². The number of nitrogens with one attached hydrogen (secondary N) is 1. The van der Waals surface area contributed by atoms with Crippen LogP contribution in [-0.2, 0) is 7.05 Å². The fraction of sp³-hybridized carbons (Fsp3) is 0.217. The van der Waals surface area contributed by atoms with E-state index in [0.717, 1.165) is 10.6 Å². The van der Waals surface area contributed by atoms with Crippen LogP contribution < -0.4 is 21.3 Å². The lowest BCUT2D eigenvalue weighted by Gasteiger charge is -2.19. The average molecular weight is 429 g/mol. The van der Waals surface area contributed by atoms with Crippen LogP contribution in [0, 0.1) is 25.5 Å². The van der Waals surface area contributed by atoms with Crippen LogP contribution in [0.4, 0.5) is 20.3 Å². The Morgan fingerprint density at radius 2 is 1.71 bits per heavy atom. The summed E-state index contributed by atoms with van der Waals surface area (Å²) >= 11 is 0. The van der Waals surface area contributed by atoms with Gasteiger partial charge in [0.25, 0.3) is 11.5 Å². The number of hydrogen-bond acceptors (Lipinski definition) is 4. The molecule has 0 saturated heterocycles. The van der Waals surface area contributed by atoms with Gasteiger partial charge in [0, 0.05) is 18.7 Å². The third-order valence-electron chi connectivity index (χ3n) is 4.47. The summed E-state index contributed by atoms with van der Waals surface area (Å²) in [7, 11) is 1.40. The Hall–Kier alpha value is -3.68. The smallest absolute Gasteiger partial charge is 0.256 e. The van der Waals surface area contributed by atoms with E-state index in [4.69, 9.17) is 10.5 Å². The van der Waals surface area contributed by atoms with Crippen LogP contribution in [0.5, 0.6) is 11.5 Å². The maximum Gasteiger partial charge on any atom is 0.256 e. The van der Waals surface area contributed by atoms with E-state index >= 15 is 0 Å². The lowest BCUT2D eigenvalue weighted by atomic mass is 10.1. The third kappa shape index (κ3) is 5.09. The molecule has 164 valence electrons. The zero-order valence-corrected chi connectivity index (χ0v) is 18.0. The van der Waals surface area contributed by atoms with Gasteiger partial charge in [-0.3, -0.25) is 14.2 Å². The molecule has 1 amide bonds. The van der Waals surface area contributed by atoms with Crippen molar-refractivity contribution in [2.75, 3.05) is 5.32 Å². The van der Waals surface area contributed by atoms with Crippen molar-refractivity contribution in [3.8, 4) is 11.5 Å². The summed E-state index contributed by atoms with van der Waals surface area (Å²) in [6.07, 6.45) is 0. The lowest BCUT2D eigenvalue weighted by molar-refractivity contribution is 0.0998. The fourth-order valence-corrected chi connectivity index (χ4v) is 2.81. The first kappa shape index (κ1) is 23.6. The molecule has 0 spiro atoms. The fourth-order valence-electron chi connectivity index (χ4n) is 2.81. The molecule has 6 nitrogen and oxygen atoms in total. The molecule has 0 aliphatic carbocycles. The lowest BCUT2D eigenvalue weighted by Crippen LogP contribution is -2.25. The summed E-state index contributed by atoms with van der Waals surface area (Å²) in [5.74, 6) is -2.07. The monoisotopic (exact) mass is 429 g/mol. The van der Waals surface area contributed by atoms with Crippen LogP contribution in [0.2, 0.25) is 0 Å². The van der Waals surface area contributed by atoms with Gasteiger partial charge in [-0.15, -0.1) is 0 Å². The number of aryl methyl sites for hydroxylation is 1. The molecule has 3 aromatic rings. The number of nitrogens with two attached hydrogens (primary N) is 1. The molecule has 0 atom stereocenters. The number of pyridine rings is 1. The second kappa shape index (κ2) is 9.88. The van der Waals surface area contributed by atoms with Crippen LogP contribution in [0.15, 0.2) is 47.3 Å². The number of ether oxygens (including phenoxy) is 1. The van der Waals surface area contributed by atoms with Gasteiger partial charge >= 0.3 is 0 Å². The molecule has 0 saturated carbocycles. The molecule has 1 heterocycles. The van der Waals surface area contributed by atoms with E-state index in [1.807, 2.05) is 13.8 Å².